The first kappa shape index (κ1) is 17.2. The third-order valence-corrected chi connectivity index (χ3v) is 5.99. The van der Waals surface area contributed by atoms with Crippen molar-refractivity contribution in [3.05, 3.63) is 59.9 Å². The highest BCUT2D eigenvalue weighted by Gasteiger charge is 2.21. The summed E-state index contributed by atoms with van der Waals surface area (Å²) in [6, 6.07) is 10.6. The van der Waals surface area contributed by atoms with Crippen LogP contribution in [0.25, 0.3) is 6.08 Å². The summed E-state index contributed by atoms with van der Waals surface area (Å²) in [7, 11) is 0. The number of aromatic nitrogens is 1. The molecule has 1 aliphatic heterocycles. The molecule has 5 heteroatoms. The van der Waals surface area contributed by atoms with Gasteiger partial charge in [-0.2, -0.15) is 0 Å². The van der Waals surface area contributed by atoms with Gasteiger partial charge < -0.3 is 9.80 Å². The molecule has 0 radical (unpaired) electrons. The number of rotatable bonds is 4. The zero-order valence-corrected chi connectivity index (χ0v) is 15.6. The van der Waals surface area contributed by atoms with Gasteiger partial charge in [-0.25, -0.2) is 0 Å². The number of hydrogen-bond acceptors (Lipinski definition) is 4. The predicted molar refractivity (Wildman–Crippen MR) is 108 cm³/mol. The van der Waals surface area contributed by atoms with Crippen molar-refractivity contribution in [1.29, 1.82) is 0 Å². The van der Waals surface area contributed by atoms with E-state index in [1.807, 2.05) is 29.4 Å². The molecule has 2 heterocycles. The molecule has 0 N–H and O–H groups in total. The van der Waals surface area contributed by atoms with Gasteiger partial charge in [0.25, 0.3) is 0 Å². The molecule has 1 saturated heterocycles. The summed E-state index contributed by atoms with van der Waals surface area (Å²) in [5, 5.41) is 0. The molecule has 0 spiro atoms. The Morgan fingerprint density at radius 1 is 1.08 bits per heavy atom. The van der Waals surface area contributed by atoms with Crippen molar-refractivity contribution in [3.8, 4) is 0 Å². The molecule has 4 nitrogen and oxygen atoms in total. The monoisotopic (exact) mass is 365 g/mol. The lowest BCUT2D eigenvalue weighted by atomic mass is 9.98. The summed E-state index contributed by atoms with van der Waals surface area (Å²) >= 11 is 1.66. The Hall–Kier alpha value is -2.27. The highest BCUT2D eigenvalue weighted by atomic mass is 32.2. The van der Waals surface area contributed by atoms with Crippen molar-refractivity contribution in [2.75, 3.05) is 36.8 Å². The van der Waals surface area contributed by atoms with E-state index in [0.717, 1.165) is 39.0 Å². The van der Waals surface area contributed by atoms with Gasteiger partial charge in [0.15, 0.2) is 0 Å². The summed E-state index contributed by atoms with van der Waals surface area (Å²) in [6.07, 6.45) is 10.3. The topological polar surface area (TPSA) is 36.4 Å². The maximum atomic E-state index is 12.6. The number of thioether (sulfide) groups is 1. The van der Waals surface area contributed by atoms with E-state index in [1.165, 1.54) is 21.7 Å². The summed E-state index contributed by atoms with van der Waals surface area (Å²) in [4.78, 5) is 22.1. The Labute approximate surface area is 158 Å². The number of carbonyl (C=O) groups is 1. The Bertz CT molecular complexity index is 798. The first-order chi connectivity index (χ1) is 12.8. The smallest absolute Gasteiger partial charge is 0.233 e. The average Bonchev–Trinajstić information content (AvgIpc) is 2.72. The lowest BCUT2D eigenvalue weighted by molar-refractivity contribution is -0.128. The average molecular weight is 366 g/mol. The van der Waals surface area contributed by atoms with Crippen LogP contribution in [0, 0.1) is 0 Å². The van der Waals surface area contributed by atoms with E-state index in [9.17, 15) is 4.79 Å². The van der Waals surface area contributed by atoms with E-state index in [1.54, 1.807) is 11.8 Å². The second-order valence-corrected chi connectivity index (χ2v) is 7.71. The quantitative estimate of drug-likeness (QED) is 0.777. The molecule has 1 aromatic heterocycles. The molecular formula is C21H23N3OS. The van der Waals surface area contributed by atoms with Gasteiger partial charge in [-0.05, 0) is 48.2 Å². The van der Waals surface area contributed by atoms with Crippen LogP contribution in [0.5, 0.6) is 0 Å². The lowest BCUT2D eigenvalue weighted by Crippen LogP contribution is -2.49. The fraction of sp³-hybridized carbons (Fsp3) is 0.333. The van der Waals surface area contributed by atoms with Crippen LogP contribution in [0.2, 0.25) is 0 Å². The van der Waals surface area contributed by atoms with Crippen LogP contribution in [0.4, 0.5) is 5.69 Å². The number of amides is 1. The predicted octanol–water partition coefficient (Wildman–Crippen LogP) is 3.48. The van der Waals surface area contributed by atoms with Crippen molar-refractivity contribution >= 4 is 29.4 Å². The maximum Gasteiger partial charge on any atom is 0.233 e. The second-order valence-electron chi connectivity index (χ2n) is 6.66. The first-order valence-corrected chi connectivity index (χ1v) is 10.1. The molecule has 2 aromatic rings. The van der Waals surface area contributed by atoms with Gasteiger partial charge in [0, 0.05) is 49.2 Å². The number of pyridine rings is 1. The number of allylic oxidation sites excluding steroid dienone is 1. The van der Waals surface area contributed by atoms with Gasteiger partial charge in [0.1, 0.15) is 0 Å². The second kappa shape index (κ2) is 7.96. The molecule has 1 fully saturated rings. The molecule has 1 aromatic carbocycles. The molecule has 26 heavy (non-hydrogen) atoms. The standard InChI is InChI=1S/C21H23N3OS/c25-21(16-26-20-6-5-17-3-1-2-4-18(17)15-20)24-13-11-23(12-14-24)19-7-9-22-10-8-19/h1,3,5-10,15H,2,4,11-14,16H2. The Balaban J connectivity index is 1.29. The van der Waals surface area contributed by atoms with Crippen molar-refractivity contribution in [3.63, 3.8) is 0 Å². The number of benzene rings is 1. The SMILES string of the molecule is O=C(CSc1ccc2c(c1)CCC=C2)N1CCN(c2ccncc2)CC1. The normalized spacial score (nSPS) is 16.5. The highest BCUT2D eigenvalue weighted by molar-refractivity contribution is 8.00. The fourth-order valence-corrected chi connectivity index (χ4v) is 4.37. The van der Waals surface area contributed by atoms with Crippen molar-refractivity contribution < 1.29 is 4.79 Å². The molecule has 4 rings (SSSR count). The van der Waals surface area contributed by atoms with E-state index >= 15 is 0 Å². The van der Waals surface area contributed by atoms with Gasteiger partial charge >= 0.3 is 0 Å². The summed E-state index contributed by atoms with van der Waals surface area (Å²) in [6.45, 7) is 3.34. The van der Waals surface area contributed by atoms with Crippen LogP contribution in [-0.2, 0) is 11.2 Å². The third-order valence-electron chi connectivity index (χ3n) is 5.01. The Morgan fingerprint density at radius 2 is 1.88 bits per heavy atom. The minimum absolute atomic E-state index is 0.238. The van der Waals surface area contributed by atoms with E-state index in [-0.39, 0.29) is 5.91 Å². The largest absolute Gasteiger partial charge is 0.368 e. The van der Waals surface area contributed by atoms with Crippen LogP contribution in [0.15, 0.2) is 53.7 Å². The summed E-state index contributed by atoms with van der Waals surface area (Å²) < 4.78 is 0. The van der Waals surface area contributed by atoms with Crippen LogP contribution in [-0.4, -0.2) is 47.7 Å². The molecule has 0 atom stereocenters. The number of fused-ring (bicyclic) bond motifs is 1. The van der Waals surface area contributed by atoms with E-state index in [4.69, 9.17) is 0 Å². The molecular weight excluding hydrogens is 342 g/mol. The van der Waals surface area contributed by atoms with E-state index < -0.39 is 0 Å². The van der Waals surface area contributed by atoms with E-state index in [0.29, 0.717) is 5.75 Å². The number of nitrogens with zero attached hydrogens (tertiary/aromatic N) is 3. The Morgan fingerprint density at radius 3 is 2.69 bits per heavy atom. The number of anilines is 1. The maximum absolute atomic E-state index is 12.6. The van der Waals surface area contributed by atoms with Crippen LogP contribution in [0.1, 0.15) is 17.5 Å². The minimum atomic E-state index is 0.238. The molecule has 2 aliphatic rings. The number of carbonyl (C=O) groups excluding carboxylic acids is 1. The molecule has 0 unspecified atom stereocenters. The van der Waals surface area contributed by atoms with E-state index in [2.05, 4.69) is 40.2 Å². The number of aryl methyl sites for hydroxylation is 1. The van der Waals surface area contributed by atoms with Gasteiger partial charge in [0.2, 0.25) is 5.91 Å². The lowest BCUT2D eigenvalue weighted by Gasteiger charge is -2.36. The zero-order valence-electron chi connectivity index (χ0n) is 14.8. The van der Waals surface area contributed by atoms with Gasteiger partial charge in [-0.15, -0.1) is 11.8 Å². The molecule has 1 aliphatic carbocycles. The molecule has 0 bridgehead atoms. The van der Waals surface area contributed by atoms with Crippen molar-refractivity contribution in [2.24, 2.45) is 0 Å². The summed E-state index contributed by atoms with van der Waals surface area (Å²) in [5.74, 6) is 0.756. The van der Waals surface area contributed by atoms with Crippen LogP contribution >= 0.6 is 11.8 Å². The Kier molecular flexibility index (Phi) is 5.25. The third kappa shape index (κ3) is 3.93. The van der Waals surface area contributed by atoms with Crippen LogP contribution < -0.4 is 4.90 Å². The number of piperazine rings is 1. The number of hydrogen-bond donors (Lipinski definition) is 0. The summed E-state index contributed by atoms with van der Waals surface area (Å²) in [5.41, 5.74) is 3.90. The van der Waals surface area contributed by atoms with Gasteiger partial charge in [-0.1, -0.05) is 18.2 Å². The fourth-order valence-electron chi connectivity index (χ4n) is 3.51. The molecule has 0 saturated carbocycles. The van der Waals surface area contributed by atoms with Crippen LogP contribution in [0.3, 0.4) is 0 Å². The van der Waals surface area contributed by atoms with Crippen molar-refractivity contribution in [1.82, 2.24) is 9.88 Å². The van der Waals surface area contributed by atoms with Gasteiger partial charge in [0.05, 0.1) is 5.75 Å². The molecule has 134 valence electrons. The van der Waals surface area contributed by atoms with Gasteiger partial charge in [-0.3, -0.25) is 9.78 Å². The molecule has 1 amide bonds. The first-order valence-electron chi connectivity index (χ1n) is 9.14. The minimum Gasteiger partial charge on any atom is -0.368 e. The highest BCUT2D eigenvalue weighted by Crippen LogP contribution is 2.26. The van der Waals surface area contributed by atoms with Crippen molar-refractivity contribution in [2.45, 2.75) is 17.7 Å². The zero-order chi connectivity index (χ0) is 17.8.